The summed E-state index contributed by atoms with van der Waals surface area (Å²) in [6, 6.07) is 0. The first-order chi connectivity index (χ1) is 5.33. The summed E-state index contributed by atoms with van der Waals surface area (Å²) in [5.74, 6) is 0. The van der Waals surface area contributed by atoms with Gasteiger partial charge in [0.15, 0.2) is 0 Å². The van der Waals surface area contributed by atoms with Gasteiger partial charge in [0.05, 0.1) is 13.2 Å². The highest BCUT2D eigenvalue weighted by Crippen LogP contribution is 2.08. The molecule has 0 aromatic carbocycles. The Balaban J connectivity index is 1.79. The van der Waals surface area contributed by atoms with Crippen LogP contribution >= 0.6 is 0 Å². The van der Waals surface area contributed by atoms with Gasteiger partial charge in [-0.1, -0.05) is 0 Å². The lowest BCUT2D eigenvalue weighted by molar-refractivity contribution is 0.0999. The normalized spacial score (nSPS) is 25.6. The highest BCUT2D eigenvalue weighted by Gasteiger charge is 2.21. The van der Waals surface area contributed by atoms with Crippen molar-refractivity contribution in [1.29, 1.82) is 0 Å². The molecule has 66 valence electrons. The number of rotatable bonds is 6. The molecular weight excluding hydrogens is 176 g/mol. The summed E-state index contributed by atoms with van der Waals surface area (Å²) in [7, 11) is 1.97. The fraction of sp³-hybridized carbons (Fsp3) is 1.00. The third-order valence-electron chi connectivity index (χ3n) is 1.78. The van der Waals surface area contributed by atoms with Gasteiger partial charge in [-0.2, -0.15) is 0 Å². The van der Waals surface area contributed by atoms with E-state index in [1.165, 1.54) is 0 Å². The molecule has 0 bridgehead atoms. The van der Waals surface area contributed by atoms with Crippen LogP contribution in [0.15, 0.2) is 0 Å². The van der Waals surface area contributed by atoms with E-state index in [2.05, 4.69) is 0 Å². The molecule has 1 saturated heterocycles. The van der Waals surface area contributed by atoms with Crippen molar-refractivity contribution >= 4 is 20.7 Å². The molecule has 5 heteroatoms. The monoisotopic (exact) mass is 192 g/mol. The van der Waals surface area contributed by atoms with Crippen molar-refractivity contribution in [3.63, 3.8) is 0 Å². The average molecular weight is 192 g/mol. The van der Waals surface area contributed by atoms with Crippen LogP contribution < -0.4 is 0 Å². The van der Waals surface area contributed by atoms with Crippen LogP contribution in [0, 0.1) is 0 Å². The molecule has 0 aromatic rings. The second-order valence-corrected chi connectivity index (χ2v) is 4.62. The maximum Gasteiger partial charge on any atom is 0.145 e. The van der Waals surface area contributed by atoms with Crippen LogP contribution in [-0.4, -0.2) is 52.4 Å². The zero-order chi connectivity index (χ0) is 8.10. The van der Waals surface area contributed by atoms with Crippen molar-refractivity contribution in [3.05, 3.63) is 0 Å². The molecule has 0 N–H and O–H groups in total. The second-order valence-electron chi connectivity index (χ2n) is 2.87. The van der Waals surface area contributed by atoms with Crippen molar-refractivity contribution in [2.75, 3.05) is 19.8 Å². The third-order valence-corrected chi connectivity index (χ3v) is 4.57. The summed E-state index contributed by atoms with van der Waals surface area (Å²) in [6.07, 6.45) is 1.46. The average Bonchev–Trinajstić information content (AvgIpc) is 2.81. The maximum absolute atomic E-state index is 5.36. The van der Waals surface area contributed by atoms with E-state index < -0.39 is 0 Å². The topological polar surface area (TPSA) is 31.0 Å². The van der Waals surface area contributed by atoms with E-state index in [-0.39, 0.29) is 0 Å². The Labute approximate surface area is 73.4 Å². The summed E-state index contributed by atoms with van der Waals surface area (Å²) >= 11 is 0. The Hall–Kier alpha value is 0.314. The van der Waals surface area contributed by atoms with Crippen LogP contribution in [-0.2, 0) is 13.9 Å². The van der Waals surface area contributed by atoms with Gasteiger partial charge in [0.2, 0.25) is 0 Å². The summed E-state index contributed by atoms with van der Waals surface area (Å²) in [5.41, 5.74) is 0.502. The molecule has 2 atom stereocenters. The van der Waals surface area contributed by atoms with Gasteiger partial charge < -0.3 is 13.9 Å². The van der Waals surface area contributed by atoms with Gasteiger partial charge in [-0.3, -0.25) is 0 Å². The predicted molar refractivity (Wildman–Crippen MR) is 49.9 cm³/mol. The lowest BCUT2D eigenvalue weighted by atomic mass is 10.5. The molecular formula is C6H16O3Si2. The fourth-order valence-corrected chi connectivity index (χ4v) is 1.22. The van der Waals surface area contributed by atoms with Gasteiger partial charge in [-0.25, -0.2) is 0 Å². The van der Waals surface area contributed by atoms with Crippen molar-refractivity contribution in [2.45, 2.75) is 18.3 Å². The minimum Gasteiger partial charge on any atom is -0.429 e. The largest absolute Gasteiger partial charge is 0.429 e. The summed E-state index contributed by atoms with van der Waals surface area (Å²) in [6.45, 7) is 2.49. The molecule has 1 heterocycles. The second kappa shape index (κ2) is 5.05. The van der Waals surface area contributed by atoms with Crippen LogP contribution in [0.5, 0.6) is 0 Å². The van der Waals surface area contributed by atoms with Crippen LogP contribution in [0.3, 0.4) is 0 Å². The zero-order valence-electron chi connectivity index (χ0n) is 7.21. The molecule has 0 radical (unpaired) electrons. The Morgan fingerprint density at radius 3 is 2.91 bits per heavy atom. The van der Waals surface area contributed by atoms with Gasteiger partial charge in [-0.15, -0.1) is 0 Å². The summed E-state index contributed by atoms with van der Waals surface area (Å²) in [5, 5.41) is 0. The maximum atomic E-state index is 5.36. The van der Waals surface area contributed by atoms with E-state index in [0.29, 0.717) is 11.8 Å². The lowest BCUT2D eigenvalue weighted by Gasteiger charge is -2.09. The molecule has 0 aromatic heterocycles. The standard InChI is InChI=1S/C6H16O3Si2/c10-6(9-11)1-2-7-3-5-4-8-5/h5-6H,1-4H2,10-11H3. The van der Waals surface area contributed by atoms with Crippen LogP contribution in [0.25, 0.3) is 0 Å². The molecule has 0 saturated carbocycles. The Morgan fingerprint density at radius 2 is 2.36 bits per heavy atom. The van der Waals surface area contributed by atoms with Gasteiger partial charge >= 0.3 is 0 Å². The molecule has 0 spiro atoms. The van der Waals surface area contributed by atoms with E-state index in [4.69, 9.17) is 13.9 Å². The molecule has 3 nitrogen and oxygen atoms in total. The summed E-state index contributed by atoms with van der Waals surface area (Å²) < 4.78 is 15.6. The molecule has 11 heavy (non-hydrogen) atoms. The number of hydrogen-bond donors (Lipinski definition) is 0. The van der Waals surface area contributed by atoms with E-state index in [9.17, 15) is 0 Å². The molecule has 2 unspecified atom stereocenters. The Morgan fingerprint density at radius 1 is 1.64 bits per heavy atom. The zero-order valence-corrected chi connectivity index (χ0v) is 11.2. The van der Waals surface area contributed by atoms with E-state index in [1.807, 2.05) is 0 Å². The third kappa shape index (κ3) is 4.70. The number of hydrogen-bond acceptors (Lipinski definition) is 3. The van der Waals surface area contributed by atoms with Crippen molar-refractivity contribution < 1.29 is 13.9 Å². The highest BCUT2D eigenvalue weighted by molar-refractivity contribution is 6.13. The molecule has 0 amide bonds. The first kappa shape index (κ1) is 9.40. The smallest absolute Gasteiger partial charge is 0.145 e. The van der Waals surface area contributed by atoms with Crippen LogP contribution in [0.2, 0.25) is 0 Å². The summed E-state index contributed by atoms with van der Waals surface area (Å²) in [4.78, 5) is 0. The lowest BCUT2D eigenvalue weighted by Crippen LogP contribution is -2.15. The molecule has 1 aliphatic heterocycles. The molecule has 0 aliphatic carbocycles. The number of epoxide rings is 1. The van der Waals surface area contributed by atoms with Gasteiger partial charge in [-0.05, 0) is 6.42 Å². The minimum absolute atomic E-state index is 0.402. The van der Waals surface area contributed by atoms with Crippen molar-refractivity contribution in [2.24, 2.45) is 0 Å². The quantitative estimate of drug-likeness (QED) is 0.271. The Kier molecular flexibility index (Phi) is 4.31. The van der Waals surface area contributed by atoms with Crippen molar-refractivity contribution in [3.8, 4) is 0 Å². The SMILES string of the molecule is [SiH3]OC([SiH3])CCOCC1CO1. The van der Waals surface area contributed by atoms with Crippen LogP contribution in [0.1, 0.15) is 6.42 Å². The first-order valence-electron chi connectivity index (χ1n) is 4.05. The molecule has 1 rings (SSSR count). The van der Waals surface area contributed by atoms with E-state index >= 15 is 0 Å². The predicted octanol–water partition coefficient (Wildman–Crippen LogP) is -2.22. The van der Waals surface area contributed by atoms with Gasteiger partial charge in [0, 0.05) is 22.6 Å². The van der Waals surface area contributed by atoms with E-state index in [1.54, 1.807) is 0 Å². The highest BCUT2D eigenvalue weighted by atomic mass is 28.2. The van der Waals surface area contributed by atoms with E-state index in [0.717, 1.165) is 47.0 Å². The minimum atomic E-state index is 0.402. The first-order valence-corrected chi connectivity index (χ1v) is 6.02. The van der Waals surface area contributed by atoms with Crippen molar-refractivity contribution in [1.82, 2.24) is 0 Å². The fourth-order valence-electron chi connectivity index (χ4n) is 0.746. The Bertz CT molecular complexity index is 108. The molecule has 1 fully saturated rings. The van der Waals surface area contributed by atoms with Gasteiger partial charge in [0.25, 0.3) is 0 Å². The van der Waals surface area contributed by atoms with Crippen LogP contribution in [0.4, 0.5) is 0 Å². The number of ether oxygens (including phenoxy) is 2. The molecule has 1 aliphatic rings. The van der Waals surface area contributed by atoms with Gasteiger partial charge in [0.1, 0.15) is 16.6 Å².